The third-order valence-electron chi connectivity index (χ3n) is 8.93. The van der Waals surface area contributed by atoms with E-state index in [0.717, 1.165) is 37.5 Å². The van der Waals surface area contributed by atoms with Crippen molar-refractivity contribution in [2.75, 3.05) is 7.11 Å². The normalized spacial score (nSPS) is 27.3. The Morgan fingerprint density at radius 1 is 0.794 bits per heavy atom. The van der Waals surface area contributed by atoms with Crippen LogP contribution in [-0.2, 0) is 9.53 Å². The van der Waals surface area contributed by atoms with Crippen LogP contribution in [0.3, 0.4) is 0 Å². The van der Waals surface area contributed by atoms with Crippen molar-refractivity contribution >= 4 is 5.97 Å². The molecule has 2 heteroatoms. The molecule has 2 nitrogen and oxygen atoms in total. The van der Waals surface area contributed by atoms with Gasteiger partial charge in [0.05, 0.1) is 12.5 Å². The lowest BCUT2D eigenvalue weighted by Crippen LogP contribution is -2.33. The average molecular weight is 461 g/mol. The minimum Gasteiger partial charge on any atom is -0.469 e. The van der Waals surface area contributed by atoms with E-state index in [0.29, 0.717) is 5.92 Å². The quantitative estimate of drug-likeness (QED) is 0.290. The number of carbonyl (C=O) groups excluding carboxylic acids is 1. The number of rotatable bonds is 8. The lowest BCUT2D eigenvalue weighted by Gasteiger charge is -2.35. The molecule has 2 aliphatic carbocycles. The van der Waals surface area contributed by atoms with Gasteiger partial charge in [-0.05, 0) is 98.3 Å². The summed E-state index contributed by atoms with van der Waals surface area (Å²) < 4.78 is 5.03. The van der Waals surface area contributed by atoms with Gasteiger partial charge in [0.2, 0.25) is 0 Å². The van der Waals surface area contributed by atoms with E-state index in [9.17, 15) is 4.79 Å². The van der Waals surface area contributed by atoms with Gasteiger partial charge in [-0.1, -0.05) is 81.1 Å². The fraction of sp³-hybridized carbons (Fsp3) is 0.594. The van der Waals surface area contributed by atoms with Gasteiger partial charge < -0.3 is 4.74 Å². The van der Waals surface area contributed by atoms with Crippen LogP contribution in [0, 0.1) is 11.3 Å². The van der Waals surface area contributed by atoms with Crippen molar-refractivity contribution in [3.63, 3.8) is 0 Å². The molecule has 2 aliphatic rings. The highest BCUT2D eigenvalue weighted by atomic mass is 16.5. The molecule has 0 heterocycles. The molecular formula is C32H44O2. The Balaban J connectivity index is 1.30. The smallest absolute Gasteiger partial charge is 0.311 e. The molecule has 0 bridgehead atoms. The molecule has 0 N–H and O–H groups in total. The van der Waals surface area contributed by atoms with E-state index in [1.165, 1.54) is 80.7 Å². The summed E-state index contributed by atoms with van der Waals surface area (Å²) in [6.07, 6.45) is 15.1. The van der Waals surface area contributed by atoms with Crippen LogP contribution < -0.4 is 0 Å². The maximum Gasteiger partial charge on any atom is 0.311 e. The number of esters is 1. The van der Waals surface area contributed by atoms with Gasteiger partial charge in [-0.3, -0.25) is 4.79 Å². The molecular weight excluding hydrogens is 416 g/mol. The fourth-order valence-corrected chi connectivity index (χ4v) is 6.40. The number of hydrogen-bond donors (Lipinski definition) is 0. The molecule has 4 rings (SSSR count). The second-order valence-electron chi connectivity index (χ2n) is 11.3. The maximum atomic E-state index is 12.1. The zero-order chi connectivity index (χ0) is 24.0. The molecule has 34 heavy (non-hydrogen) atoms. The Bertz CT molecular complexity index is 895. The highest BCUT2D eigenvalue weighted by molar-refractivity contribution is 5.76. The summed E-state index contributed by atoms with van der Waals surface area (Å²) in [5.41, 5.74) is 5.24. The Morgan fingerprint density at radius 2 is 1.29 bits per heavy atom. The molecule has 2 fully saturated rings. The van der Waals surface area contributed by atoms with E-state index in [1.54, 1.807) is 0 Å². The Labute approximate surface area is 207 Å². The van der Waals surface area contributed by atoms with Gasteiger partial charge in [-0.15, -0.1) is 0 Å². The number of ether oxygens (including phenoxy) is 1. The molecule has 0 radical (unpaired) electrons. The van der Waals surface area contributed by atoms with E-state index >= 15 is 0 Å². The van der Waals surface area contributed by atoms with Crippen LogP contribution in [-0.4, -0.2) is 13.1 Å². The number of methoxy groups -OCH3 is 1. The van der Waals surface area contributed by atoms with E-state index in [2.05, 4.69) is 62.4 Å². The standard InChI is InChI=1S/C32H44O2/c1-4-5-6-7-24-8-10-25(11-9-24)26-12-14-27(15-13-26)28-16-18-29(19-17-28)30-20-22-32(2,23-21-30)31(33)34-3/h12-19,24-25,30H,4-11,20-23H2,1-3H3. The molecule has 0 aliphatic heterocycles. The lowest BCUT2D eigenvalue weighted by atomic mass is 9.70. The van der Waals surface area contributed by atoms with Gasteiger partial charge in [-0.25, -0.2) is 0 Å². The van der Waals surface area contributed by atoms with E-state index < -0.39 is 0 Å². The summed E-state index contributed by atoms with van der Waals surface area (Å²) in [5.74, 6) is 2.22. The minimum atomic E-state index is -0.304. The van der Waals surface area contributed by atoms with Crippen molar-refractivity contribution in [1.29, 1.82) is 0 Å². The summed E-state index contributed by atoms with van der Waals surface area (Å²) >= 11 is 0. The first-order chi connectivity index (χ1) is 16.5. The topological polar surface area (TPSA) is 26.3 Å². The van der Waals surface area contributed by atoms with Crippen LogP contribution in [0.2, 0.25) is 0 Å². The second kappa shape index (κ2) is 11.6. The first-order valence-corrected chi connectivity index (χ1v) is 13.8. The van der Waals surface area contributed by atoms with E-state index in [1.807, 2.05) is 0 Å². The summed E-state index contributed by atoms with van der Waals surface area (Å²) in [6, 6.07) is 18.5. The van der Waals surface area contributed by atoms with Crippen LogP contribution in [0.25, 0.3) is 11.1 Å². The Hall–Kier alpha value is -2.09. The van der Waals surface area contributed by atoms with Gasteiger partial charge in [0.25, 0.3) is 0 Å². The molecule has 2 aromatic carbocycles. The monoisotopic (exact) mass is 460 g/mol. The largest absolute Gasteiger partial charge is 0.469 e. The first kappa shape index (κ1) is 25.0. The minimum absolute atomic E-state index is 0.0511. The average Bonchev–Trinajstić information content (AvgIpc) is 2.89. The maximum absolute atomic E-state index is 12.1. The van der Waals surface area contributed by atoms with Crippen molar-refractivity contribution in [3.8, 4) is 11.1 Å². The Kier molecular flexibility index (Phi) is 8.51. The van der Waals surface area contributed by atoms with Crippen LogP contribution >= 0.6 is 0 Å². The third kappa shape index (κ3) is 5.93. The molecule has 0 saturated heterocycles. The van der Waals surface area contributed by atoms with Gasteiger partial charge in [-0.2, -0.15) is 0 Å². The molecule has 0 amide bonds. The predicted molar refractivity (Wildman–Crippen MR) is 142 cm³/mol. The fourth-order valence-electron chi connectivity index (χ4n) is 6.40. The number of benzene rings is 2. The SMILES string of the molecule is CCCCCC1CCC(c2ccc(-c3ccc(C4CCC(C)(C(=O)OC)CC4)cc3)cc2)CC1. The van der Waals surface area contributed by atoms with Crippen LogP contribution in [0.15, 0.2) is 48.5 Å². The van der Waals surface area contributed by atoms with Crippen LogP contribution in [0.4, 0.5) is 0 Å². The van der Waals surface area contributed by atoms with Crippen molar-refractivity contribution in [2.24, 2.45) is 11.3 Å². The number of unbranched alkanes of at least 4 members (excludes halogenated alkanes) is 2. The van der Waals surface area contributed by atoms with Crippen molar-refractivity contribution < 1.29 is 9.53 Å². The molecule has 0 aromatic heterocycles. The van der Waals surface area contributed by atoms with Crippen molar-refractivity contribution in [1.82, 2.24) is 0 Å². The van der Waals surface area contributed by atoms with Gasteiger partial charge in [0.15, 0.2) is 0 Å². The van der Waals surface area contributed by atoms with Crippen molar-refractivity contribution in [2.45, 2.75) is 103 Å². The van der Waals surface area contributed by atoms with Crippen LogP contribution in [0.1, 0.15) is 114 Å². The van der Waals surface area contributed by atoms with Gasteiger partial charge >= 0.3 is 5.97 Å². The summed E-state index contributed by atoms with van der Waals surface area (Å²) in [7, 11) is 1.50. The van der Waals surface area contributed by atoms with Gasteiger partial charge in [0.1, 0.15) is 0 Å². The van der Waals surface area contributed by atoms with Crippen LogP contribution in [0.5, 0.6) is 0 Å². The van der Waals surface area contributed by atoms with E-state index in [-0.39, 0.29) is 11.4 Å². The molecule has 2 aromatic rings. The predicted octanol–water partition coefficient (Wildman–Crippen LogP) is 9.04. The van der Waals surface area contributed by atoms with Crippen molar-refractivity contribution in [3.05, 3.63) is 59.7 Å². The molecule has 0 spiro atoms. The zero-order valence-electron chi connectivity index (χ0n) is 21.7. The number of hydrogen-bond acceptors (Lipinski definition) is 2. The molecule has 0 atom stereocenters. The summed E-state index contributed by atoms with van der Waals surface area (Å²) in [6.45, 7) is 4.36. The summed E-state index contributed by atoms with van der Waals surface area (Å²) in [5, 5.41) is 0. The molecule has 2 saturated carbocycles. The first-order valence-electron chi connectivity index (χ1n) is 13.8. The van der Waals surface area contributed by atoms with Gasteiger partial charge in [0, 0.05) is 0 Å². The molecule has 0 unspecified atom stereocenters. The highest BCUT2D eigenvalue weighted by Crippen LogP contribution is 2.44. The van der Waals surface area contributed by atoms with E-state index in [4.69, 9.17) is 4.74 Å². The second-order valence-corrected chi connectivity index (χ2v) is 11.3. The third-order valence-corrected chi connectivity index (χ3v) is 8.93. The zero-order valence-corrected chi connectivity index (χ0v) is 21.7. The Morgan fingerprint density at radius 3 is 1.76 bits per heavy atom. The highest BCUT2D eigenvalue weighted by Gasteiger charge is 2.38. The lowest BCUT2D eigenvalue weighted by molar-refractivity contribution is -0.153. The number of carbonyl (C=O) groups is 1. The molecule has 184 valence electrons. The summed E-state index contributed by atoms with van der Waals surface area (Å²) in [4.78, 5) is 12.1.